The van der Waals surface area contributed by atoms with E-state index in [-0.39, 0.29) is 0 Å². The second kappa shape index (κ2) is 3.80. The third-order valence-corrected chi connectivity index (χ3v) is 4.06. The van der Waals surface area contributed by atoms with E-state index in [1.807, 2.05) is 12.1 Å². The Morgan fingerprint density at radius 3 is 3.06 bits per heavy atom. The van der Waals surface area contributed by atoms with Crippen molar-refractivity contribution in [3.8, 4) is 0 Å². The minimum Gasteiger partial charge on any atom is -0.448 e. The van der Waals surface area contributed by atoms with Gasteiger partial charge in [0.1, 0.15) is 0 Å². The molecule has 0 bridgehead atoms. The summed E-state index contributed by atoms with van der Waals surface area (Å²) < 4.78 is 5.56. The second-order valence-electron chi connectivity index (χ2n) is 5.04. The number of anilines is 3. The van der Waals surface area contributed by atoms with E-state index in [4.69, 9.17) is 4.42 Å². The van der Waals surface area contributed by atoms with Crippen LogP contribution in [0.15, 0.2) is 41.0 Å². The molecule has 2 aliphatic rings. The summed E-state index contributed by atoms with van der Waals surface area (Å²) in [4.78, 5) is 2.29. The second-order valence-corrected chi connectivity index (χ2v) is 5.04. The zero-order valence-corrected chi connectivity index (χ0v) is 10.2. The first kappa shape index (κ1) is 10.1. The van der Waals surface area contributed by atoms with Crippen LogP contribution in [0.4, 0.5) is 17.3 Å². The first-order valence-corrected chi connectivity index (χ1v) is 6.61. The molecular weight excluding hydrogens is 224 g/mol. The number of furan rings is 1. The van der Waals surface area contributed by atoms with Crippen molar-refractivity contribution in [3.05, 3.63) is 42.2 Å². The van der Waals surface area contributed by atoms with Crippen molar-refractivity contribution < 1.29 is 4.42 Å². The SMILES string of the molecule is c1coc(N2CCC3CCNc4cccc2c43)c1. The Kier molecular flexibility index (Phi) is 2.13. The summed E-state index contributed by atoms with van der Waals surface area (Å²) in [6, 6.07) is 10.5. The Morgan fingerprint density at radius 1 is 1.17 bits per heavy atom. The van der Waals surface area contributed by atoms with Crippen LogP contribution in [0, 0.1) is 0 Å². The van der Waals surface area contributed by atoms with E-state index in [0.717, 1.165) is 19.0 Å². The largest absolute Gasteiger partial charge is 0.448 e. The lowest BCUT2D eigenvalue weighted by Crippen LogP contribution is -2.30. The number of benzene rings is 1. The average molecular weight is 240 g/mol. The quantitative estimate of drug-likeness (QED) is 0.823. The van der Waals surface area contributed by atoms with Gasteiger partial charge in [-0.05, 0) is 37.0 Å². The van der Waals surface area contributed by atoms with Crippen LogP contribution in [0.25, 0.3) is 0 Å². The van der Waals surface area contributed by atoms with Crippen molar-refractivity contribution in [2.75, 3.05) is 23.3 Å². The molecule has 0 aliphatic carbocycles. The van der Waals surface area contributed by atoms with Crippen molar-refractivity contribution in [2.24, 2.45) is 0 Å². The van der Waals surface area contributed by atoms with Gasteiger partial charge in [0.15, 0.2) is 5.88 Å². The molecule has 3 nitrogen and oxygen atoms in total. The summed E-state index contributed by atoms with van der Waals surface area (Å²) in [5.41, 5.74) is 4.09. The van der Waals surface area contributed by atoms with E-state index < -0.39 is 0 Å². The smallest absolute Gasteiger partial charge is 0.199 e. The molecule has 1 aromatic carbocycles. The van der Waals surface area contributed by atoms with E-state index in [2.05, 4.69) is 28.4 Å². The zero-order chi connectivity index (χ0) is 11.9. The number of rotatable bonds is 1. The predicted octanol–water partition coefficient (Wildman–Crippen LogP) is 3.72. The highest BCUT2D eigenvalue weighted by molar-refractivity contribution is 5.74. The van der Waals surface area contributed by atoms with E-state index in [1.54, 1.807) is 6.26 Å². The minimum absolute atomic E-state index is 0.712. The van der Waals surface area contributed by atoms with Crippen LogP contribution in [0.1, 0.15) is 24.3 Å². The fourth-order valence-corrected chi connectivity index (χ4v) is 3.24. The maximum absolute atomic E-state index is 5.56. The Labute approximate surface area is 106 Å². The van der Waals surface area contributed by atoms with Gasteiger partial charge in [0.25, 0.3) is 0 Å². The number of hydrogen-bond donors (Lipinski definition) is 1. The van der Waals surface area contributed by atoms with Crippen LogP contribution >= 0.6 is 0 Å². The lowest BCUT2D eigenvalue weighted by molar-refractivity contribution is 0.520. The van der Waals surface area contributed by atoms with Crippen LogP contribution in [0.2, 0.25) is 0 Å². The molecule has 1 unspecified atom stereocenters. The highest BCUT2D eigenvalue weighted by Gasteiger charge is 2.30. The average Bonchev–Trinajstić information content (AvgIpc) is 2.94. The molecule has 0 fully saturated rings. The molecule has 1 aromatic heterocycles. The van der Waals surface area contributed by atoms with Crippen LogP contribution < -0.4 is 10.2 Å². The molecule has 1 atom stereocenters. The third kappa shape index (κ3) is 1.37. The van der Waals surface area contributed by atoms with Crippen LogP contribution in [-0.2, 0) is 0 Å². The highest BCUT2D eigenvalue weighted by Crippen LogP contribution is 2.46. The molecular formula is C15H16N2O. The molecule has 0 amide bonds. The molecule has 0 saturated carbocycles. The van der Waals surface area contributed by atoms with Crippen molar-refractivity contribution in [3.63, 3.8) is 0 Å². The lowest BCUT2D eigenvalue weighted by Gasteiger charge is -2.38. The standard InChI is InChI=1S/C15H16N2O/c1-3-12-15-11(6-8-16-12)7-9-17(13(15)4-1)14-5-2-10-18-14/h1-5,10-11,16H,6-9H2. The molecule has 0 spiro atoms. The Hall–Kier alpha value is -1.90. The van der Waals surface area contributed by atoms with Crippen molar-refractivity contribution >= 4 is 17.3 Å². The number of nitrogens with zero attached hydrogens (tertiary/aromatic N) is 1. The number of hydrogen-bond acceptors (Lipinski definition) is 3. The van der Waals surface area contributed by atoms with E-state index >= 15 is 0 Å². The Balaban J connectivity index is 1.87. The van der Waals surface area contributed by atoms with Gasteiger partial charge >= 0.3 is 0 Å². The van der Waals surface area contributed by atoms with Gasteiger partial charge in [0.05, 0.1) is 6.26 Å². The monoisotopic (exact) mass is 240 g/mol. The molecule has 4 rings (SSSR count). The molecule has 2 aromatic rings. The summed E-state index contributed by atoms with van der Waals surface area (Å²) in [7, 11) is 0. The molecule has 0 saturated heterocycles. The third-order valence-electron chi connectivity index (χ3n) is 4.06. The fraction of sp³-hybridized carbons (Fsp3) is 0.333. The fourth-order valence-electron chi connectivity index (χ4n) is 3.24. The predicted molar refractivity (Wildman–Crippen MR) is 72.6 cm³/mol. The van der Waals surface area contributed by atoms with Gasteiger partial charge in [-0.1, -0.05) is 6.07 Å². The van der Waals surface area contributed by atoms with E-state index in [1.165, 1.54) is 29.8 Å². The summed E-state index contributed by atoms with van der Waals surface area (Å²) in [6.07, 6.45) is 4.21. The molecule has 3 heterocycles. The van der Waals surface area contributed by atoms with Crippen molar-refractivity contribution in [1.29, 1.82) is 0 Å². The molecule has 2 aliphatic heterocycles. The van der Waals surface area contributed by atoms with Crippen LogP contribution in [-0.4, -0.2) is 13.1 Å². The lowest BCUT2D eigenvalue weighted by atomic mass is 9.84. The molecule has 3 heteroatoms. The van der Waals surface area contributed by atoms with Gasteiger partial charge in [-0.15, -0.1) is 0 Å². The highest BCUT2D eigenvalue weighted by atomic mass is 16.3. The molecule has 18 heavy (non-hydrogen) atoms. The zero-order valence-electron chi connectivity index (χ0n) is 10.2. The van der Waals surface area contributed by atoms with Gasteiger partial charge in [0, 0.05) is 36.1 Å². The molecule has 1 N–H and O–H groups in total. The summed E-state index contributed by atoms with van der Waals surface area (Å²) in [6.45, 7) is 2.15. The Morgan fingerprint density at radius 2 is 2.17 bits per heavy atom. The maximum atomic E-state index is 5.56. The van der Waals surface area contributed by atoms with Crippen LogP contribution in [0.5, 0.6) is 0 Å². The van der Waals surface area contributed by atoms with E-state index in [0.29, 0.717) is 5.92 Å². The van der Waals surface area contributed by atoms with Crippen LogP contribution in [0.3, 0.4) is 0 Å². The minimum atomic E-state index is 0.712. The molecule has 92 valence electrons. The first-order valence-electron chi connectivity index (χ1n) is 6.61. The summed E-state index contributed by atoms with van der Waals surface area (Å²) in [5, 5.41) is 3.51. The van der Waals surface area contributed by atoms with Gasteiger partial charge in [0.2, 0.25) is 0 Å². The summed E-state index contributed by atoms with van der Waals surface area (Å²) in [5.74, 6) is 1.66. The van der Waals surface area contributed by atoms with Crippen molar-refractivity contribution in [2.45, 2.75) is 18.8 Å². The topological polar surface area (TPSA) is 28.4 Å². The van der Waals surface area contributed by atoms with Crippen molar-refractivity contribution in [1.82, 2.24) is 0 Å². The first-order chi connectivity index (χ1) is 8.93. The van der Waals surface area contributed by atoms with Gasteiger partial charge in [-0.25, -0.2) is 0 Å². The maximum Gasteiger partial charge on any atom is 0.199 e. The van der Waals surface area contributed by atoms with Gasteiger partial charge < -0.3 is 14.6 Å². The normalized spacial score (nSPS) is 21.3. The van der Waals surface area contributed by atoms with E-state index in [9.17, 15) is 0 Å². The summed E-state index contributed by atoms with van der Waals surface area (Å²) >= 11 is 0. The van der Waals surface area contributed by atoms with Gasteiger partial charge in [-0.3, -0.25) is 0 Å². The number of nitrogens with one attached hydrogen (secondary N) is 1. The van der Waals surface area contributed by atoms with Gasteiger partial charge in [-0.2, -0.15) is 0 Å². The Bertz CT molecular complexity index is 562. The molecule has 0 radical (unpaired) electrons.